The summed E-state index contributed by atoms with van der Waals surface area (Å²) < 4.78 is 5.78. The van der Waals surface area contributed by atoms with Crippen molar-refractivity contribution >= 4 is 5.91 Å². The summed E-state index contributed by atoms with van der Waals surface area (Å²) in [7, 11) is 0. The number of unbranched alkanes of at least 4 members (excludes halogenated alkanes) is 1. The monoisotopic (exact) mass is 346 g/mol. The second kappa shape index (κ2) is 9.81. The molecule has 1 amide bonds. The van der Waals surface area contributed by atoms with E-state index in [0.717, 1.165) is 37.2 Å². The summed E-state index contributed by atoms with van der Waals surface area (Å²) in [6.45, 7) is 12.0. The summed E-state index contributed by atoms with van der Waals surface area (Å²) in [5.41, 5.74) is 2.31. The number of aryl methyl sites for hydroxylation is 1. The third-order valence-corrected chi connectivity index (χ3v) is 5.02. The topological polar surface area (TPSA) is 41.6 Å². The molecule has 0 radical (unpaired) electrons. The molecule has 1 N–H and O–H groups in total. The number of piperidine rings is 1. The molecule has 4 nitrogen and oxygen atoms in total. The van der Waals surface area contributed by atoms with Crippen LogP contribution in [0.25, 0.3) is 0 Å². The van der Waals surface area contributed by atoms with Crippen LogP contribution in [-0.2, 0) is 4.79 Å². The summed E-state index contributed by atoms with van der Waals surface area (Å²) in [5.74, 6) is 1.26. The Morgan fingerprint density at radius 1 is 1.32 bits per heavy atom. The quantitative estimate of drug-likeness (QED) is 0.777. The lowest BCUT2D eigenvalue weighted by atomic mass is 10.0. The molecule has 1 saturated heterocycles. The number of amides is 1. The Morgan fingerprint density at radius 3 is 2.68 bits per heavy atom. The molecular weight excluding hydrogens is 312 g/mol. The summed E-state index contributed by atoms with van der Waals surface area (Å²) in [4.78, 5) is 14.7. The van der Waals surface area contributed by atoms with Crippen molar-refractivity contribution in [2.45, 2.75) is 65.3 Å². The van der Waals surface area contributed by atoms with Crippen LogP contribution in [0.1, 0.15) is 63.5 Å². The fraction of sp³-hybridized carbons (Fsp3) is 0.667. The Hall–Kier alpha value is -1.55. The van der Waals surface area contributed by atoms with Crippen LogP contribution >= 0.6 is 0 Å². The maximum Gasteiger partial charge on any atom is 0.258 e. The third kappa shape index (κ3) is 6.35. The van der Waals surface area contributed by atoms with E-state index in [1.165, 1.54) is 24.9 Å². The van der Waals surface area contributed by atoms with Gasteiger partial charge in [-0.25, -0.2) is 0 Å². The molecule has 4 heteroatoms. The molecule has 1 heterocycles. The van der Waals surface area contributed by atoms with Crippen LogP contribution in [0, 0.1) is 6.92 Å². The highest BCUT2D eigenvalue weighted by molar-refractivity contribution is 5.77. The van der Waals surface area contributed by atoms with Crippen LogP contribution < -0.4 is 10.1 Å². The van der Waals surface area contributed by atoms with Gasteiger partial charge in [0, 0.05) is 19.1 Å². The highest BCUT2D eigenvalue weighted by Gasteiger charge is 2.20. The number of carbonyl (C=O) groups excluding carboxylic acids is 1. The Balaban J connectivity index is 1.75. The number of nitrogens with zero attached hydrogens (tertiary/aromatic N) is 1. The SMILES string of the molecule is CCCCN1CCC(NC(=O)COc2cc(C(C)C)ccc2C)CC1. The predicted molar refractivity (Wildman–Crippen MR) is 103 cm³/mol. The minimum atomic E-state index is -0.0126. The van der Waals surface area contributed by atoms with Crippen LogP contribution in [-0.4, -0.2) is 43.1 Å². The molecule has 0 saturated carbocycles. The highest BCUT2D eigenvalue weighted by atomic mass is 16.5. The largest absolute Gasteiger partial charge is 0.483 e. The lowest BCUT2D eigenvalue weighted by Crippen LogP contribution is -2.46. The lowest BCUT2D eigenvalue weighted by Gasteiger charge is -2.32. The molecule has 0 aromatic heterocycles. The molecule has 140 valence electrons. The molecule has 1 aromatic rings. The van der Waals surface area contributed by atoms with E-state index in [-0.39, 0.29) is 18.6 Å². The van der Waals surface area contributed by atoms with Crippen LogP contribution in [0.2, 0.25) is 0 Å². The second-order valence-corrected chi connectivity index (χ2v) is 7.51. The van der Waals surface area contributed by atoms with Crippen molar-refractivity contribution in [3.8, 4) is 5.75 Å². The lowest BCUT2D eigenvalue weighted by molar-refractivity contribution is -0.124. The number of nitrogens with one attached hydrogen (secondary N) is 1. The van der Waals surface area contributed by atoms with Gasteiger partial charge in [-0.05, 0) is 55.8 Å². The first kappa shape index (κ1) is 19.8. The molecule has 0 aliphatic carbocycles. The van der Waals surface area contributed by atoms with Crippen LogP contribution in [0.5, 0.6) is 5.75 Å². The van der Waals surface area contributed by atoms with Crippen LogP contribution in [0.4, 0.5) is 0 Å². The zero-order valence-electron chi connectivity index (χ0n) is 16.3. The zero-order valence-corrected chi connectivity index (χ0v) is 16.3. The maximum atomic E-state index is 12.2. The van der Waals surface area contributed by atoms with E-state index in [2.05, 4.69) is 49.2 Å². The summed E-state index contributed by atoms with van der Waals surface area (Å²) >= 11 is 0. The first-order valence-electron chi connectivity index (χ1n) is 9.74. The van der Waals surface area contributed by atoms with E-state index in [1.807, 2.05) is 6.92 Å². The number of rotatable bonds is 8. The number of likely N-dealkylation sites (tertiary alicyclic amines) is 1. The molecule has 25 heavy (non-hydrogen) atoms. The van der Waals surface area contributed by atoms with Gasteiger partial charge in [0.05, 0.1) is 0 Å². The summed E-state index contributed by atoms with van der Waals surface area (Å²) in [5, 5.41) is 3.13. The number of benzene rings is 1. The van der Waals surface area contributed by atoms with Crippen LogP contribution in [0.15, 0.2) is 18.2 Å². The molecule has 0 spiro atoms. The van der Waals surface area contributed by atoms with Gasteiger partial charge in [-0.15, -0.1) is 0 Å². The average Bonchev–Trinajstić information content (AvgIpc) is 2.60. The van der Waals surface area contributed by atoms with Gasteiger partial charge in [0.15, 0.2) is 6.61 Å². The van der Waals surface area contributed by atoms with Gasteiger partial charge in [-0.3, -0.25) is 4.79 Å². The van der Waals surface area contributed by atoms with Crippen LogP contribution in [0.3, 0.4) is 0 Å². The molecule has 1 fully saturated rings. The van der Waals surface area contributed by atoms with Crippen molar-refractivity contribution in [3.63, 3.8) is 0 Å². The number of carbonyl (C=O) groups is 1. The van der Waals surface area contributed by atoms with Crippen molar-refractivity contribution in [3.05, 3.63) is 29.3 Å². The third-order valence-electron chi connectivity index (χ3n) is 5.02. The van der Waals surface area contributed by atoms with E-state index in [9.17, 15) is 4.79 Å². The van der Waals surface area contributed by atoms with Crippen molar-refractivity contribution in [2.75, 3.05) is 26.2 Å². The van der Waals surface area contributed by atoms with Crippen molar-refractivity contribution in [2.24, 2.45) is 0 Å². The molecule has 1 aromatic carbocycles. The standard InChI is InChI=1S/C21H34N2O2/c1-5-6-11-23-12-9-19(10-13-23)22-21(24)15-25-20-14-18(16(2)3)8-7-17(20)4/h7-8,14,16,19H,5-6,9-13,15H2,1-4H3,(H,22,24). The number of hydrogen-bond donors (Lipinski definition) is 1. The van der Waals surface area contributed by atoms with E-state index in [1.54, 1.807) is 0 Å². The first-order chi connectivity index (χ1) is 12.0. The molecule has 1 aliphatic heterocycles. The minimum absolute atomic E-state index is 0.0126. The van der Waals surface area contributed by atoms with Gasteiger partial charge in [-0.2, -0.15) is 0 Å². The molecule has 0 unspecified atom stereocenters. The van der Waals surface area contributed by atoms with Crippen molar-refractivity contribution < 1.29 is 9.53 Å². The maximum absolute atomic E-state index is 12.2. The average molecular weight is 347 g/mol. The first-order valence-corrected chi connectivity index (χ1v) is 9.74. The molecule has 2 rings (SSSR count). The molecule has 0 atom stereocenters. The number of hydrogen-bond acceptors (Lipinski definition) is 3. The fourth-order valence-corrected chi connectivity index (χ4v) is 3.23. The Morgan fingerprint density at radius 2 is 2.04 bits per heavy atom. The Labute approximate surface area is 152 Å². The zero-order chi connectivity index (χ0) is 18.2. The normalized spacial score (nSPS) is 16.2. The summed E-state index contributed by atoms with van der Waals surface area (Å²) in [6, 6.07) is 6.53. The molecule has 0 bridgehead atoms. The minimum Gasteiger partial charge on any atom is -0.483 e. The van der Waals surface area contributed by atoms with E-state index in [0.29, 0.717) is 5.92 Å². The molecular formula is C21H34N2O2. The van der Waals surface area contributed by atoms with Crippen molar-refractivity contribution in [1.82, 2.24) is 10.2 Å². The Bertz CT molecular complexity index is 549. The van der Waals surface area contributed by atoms with Crippen molar-refractivity contribution in [1.29, 1.82) is 0 Å². The van der Waals surface area contributed by atoms with E-state index in [4.69, 9.17) is 4.74 Å². The number of ether oxygens (including phenoxy) is 1. The van der Waals surface area contributed by atoms with Gasteiger partial charge in [-0.1, -0.05) is 39.3 Å². The Kier molecular flexibility index (Phi) is 7.76. The summed E-state index contributed by atoms with van der Waals surface area (Å²) in [6.07, 6.45) is 4.58. The molecule has 1 aliphatic rings. The smallest absolute Gasteiger partial charge is 0.258 e. The van der Waals surface area contributed by atoms with Gasteiger partial charge in [0.2, 0.25) is 0 Å². The fourth-order valence-electron chi connectivity index (χ4n) is 3.23. The predicted octanol–water partition coefficient (Wildman–Crippen LogP) is 3.88. The second-order valence-electron chi connectivity index (χ2n) is 7.51. The van der Waals surface area contributed by atoms with E-state index < -0.39 is 0 Å². The van der Waals surface area contributed by atoms with E-state index >= 15 is 0 Å². The van der Waals surface area contributed by atoms with Gasteiger partial charge in [0.1, 0.15) is 5.75 Å². The van der Waals surface area contributed by atoms with Gasteiger partial charge >= 0.3 is 0 Å². The van der Waals surface area contributed by atoms with Gasteiger partial charge < -0.3 is 15.0 Å². The highest BCUT2D eigenvalue weighted by Crippen LogP contribution is 2.24. The van der Waals surface area contributed by atoms with Gasteiger partial charge in [0.25, 0.3) is 5.91 Å².